The third-order valence-corrected chi connectivity index (χ3v) is 5.37. The normalized spacial score (nSPS) is 14.6. The molecule has 0 fully saturated rings. The van der Waals surface area contributed by atoms with Crippen molar-refractivity contribution in [1.29, 1.82) is 0 Å². The predicted molar refractivity (Wildman–Crippen MR) is 116 cm³/mol. The number of pyridine rings is 1. The smallest absolute Gasteiger partial charge is 0.244 e. The van der Waals surface area contributed by atoms with Crippen LogP contribution in [-0.2, 0) is 4.79 Å². The maximum Gasteiger partial charge on any atom is 0.244 e. The molecular formula is C21H27BrN4O. The second-order valence-electron chi connectivity index (χ2n) is 7.29. The van der Waals surface area contributed by atoms with Gasteiger partial charge in [0.05, 0.1) is 11.4 Å². The summed E-state index contributed by atoms with van der Waals surface area (Å²) in [6.45, 7) is 8.66. The Labute approximate surface area is 169 Å². The third kappa shape index (κ3) is 4.43. The Kier molecular flexibility index (Phi) is 6.05. The molecule has 0 saturated carbocycles. The Morgan fingerprint density at radius 1 is 1.33 bits per heavy atom. The van der Waals surface area contributed by atoms with E-state index in [1.807, 2.05) is 36.9 Å². The number of halogens is 1. The monoisotopic (exact) mass is 430 g/mol. The zero-order valence-corrected chi connectivity index (χ0v) is 18.0. The molecule has 6 heteroatoms. The van der Waals surface area contributed by atoms with Crippen LogP contribution in [0.1, 0.15) is 44.4 Å². The fourth-order valence-electron chi connectivity index (χ4n) is 3.36. The molecule has 1 aliphatic rings. The highest BCUT2D eigenvalue weighted by atomic mass is 79.9. The van der Waals surface area contributed by atoms with Crippen LogP contribution in [-0.4, -0.2) is 23.5 Å². The first-order valence-corrected chi connectivity index (χ1v) is 10.3. The Bertz CT molecular complexity index is 852. The summed E-state index contributed by atoms with van der Waals surface area (Å²) >= 11 is 3.64. The SMILES string of the molecule is CCCCC(C)Nc1cc(C)nc2c1NC(=O)CN2c1ccc(C)cc1Br. The predicted octanol–water partition coefficient (Wildman–Crippen LogP) is 5.54. The van der Waals surface area contributed by atoms with Gasteiger partial charge in [-0.1, -0.05) is 25.8 Å². The van der Waals surface area contributed by atoms with Crippen LogP contribution in [0.2, 0.25) is 0 Å². The summed E-state index contributed by atoms with van der Waals surface area (Å²) in [6, 6.07) is 8.48. The van der Waals surface area contributed by atoms with Gasteiger partial charge >= 0.3 is 0 Å². The minimum absolute atomic E-state index is 0.0371. The zero-order valence-electron chi connectivity index (χ0n) is 16.4. The lowest BCUT2D eigenvalue weighted by Crippen LogP contribution is -2.36. The maximum atomic E-state index is 12.5. The van der Waals surface area contributed by atoms with E-state index >= 15 is 0 Å². The van der Waals surface area contributed by atoms with Crippen molar-refractivity contribution in [3.05, 3.63) is 40.0 Å². The van der Waals surface area contributed by atoms with Gasteiger partial charge in [0.1, 0.15) is 12.2 Å². The van der Waals surface area contributed by atoms with Crippen LogP contribution in [0.3, 0.4) is 0 Å². The second-order valence-corrected chi connectivity index (χ2v) is 8.14. The van der Waals surface area contributed by atoms with E-state index in [4.69, 9.17) is 4.98 Å². The molecule has 0 radical (unpaired) electrons. The van der Waals surface area contributed by atoms with Crippen molar-refractivity contribution in [1.82, 2.24) is 4.98 Å². The van der Waals surface area contributed by atoms with Gasteiger partial charge in [0.2, 0.25) is 5.91 Å². The van der Waals surface area contributed by atoms with Gasteiger partial charge in [-0.15, -0.1) is 0 Å². The van der Waals surface area contributed by atoms with Gasteiger partial charge in [-0.3, -0.25) is 4.79 Å². The highest BCUT2D eigenvalue weighted by molar-refractivity contribution is 9.10. The van der Waals surface area contributed by atoms with Crippen molar-refractivity contribution in [2.24, 2.45) is 0 Å². The minimum atomic E-state index is -0.0371. The Morgan fingerprint density at radius 3 is 2.81 bits per heavy atom. The molecule has 2 heterocycles. The molecule has 2 N–H and O–H groups in total. The number of aromatic nitrogens is 1. The number of aryl methyl sites for hydroxylation is 2. The molecule has 0 aliphatic carbocycles. The first-order chi connectivity index (χ1) is 12.9. The number of anilines is 4. The van der Waals surface area contributed by atoms with Gasteiger partial charge in [0.25, 0.3) is 0 Å². The number of benzene rings is 1. The number of hydrogen-bond donors (Lipinski definition) is 2. The van der Waals surface area contributed by atoms with Crippen LogP contribution in [0.25, 0.3) is 0 Å². The molecule has 3 rings (SSSR count). The average Bonchev–Trinajstić information content (AvgIpc) is 2.60. The van der Waals surface area contributed by atoms with E-state index in [9.17, 15) is 4.79 Å². The van der Waals surface area contributed by atoms with Gasteiger partial charge in [-0.25, -0.2) is 4.98 Å². The molecule has 1 aliphatic heterocycles. The summed E-state index contributed by atoms with van der Waals surface area (Å²) in [5, 5.41) is 6.60. The number of nitrogens with one attached hydrogen (secondary N) is 2. The number of carbonyl (C=O) groups excluding carboxylic acids is 1. The topological polar surface area (TPSA) is 57.3 Å². The van der Waals surface area contributed by atoms with Gasteiger partial charge < -0.3 is 15.5 Å². The molecule has 0 bridgehead atoms. The van der Waals surface area contributed by atoms with Crippen molar-refractivity contribution in [3.8, 4) is 0 Å². The van der Waals surface area contributed by atoms with Gasteiger partial charge in [-0.2, -0.15) is 0 Å². The van der Waals surface area contributed by atoms with E-state index in [1.165, 1.54) is 12.8 Å². The largest absolute Gasteiger partial charge is 0.381 e. The number of fused-ring (bicyclic) bond motifs is 1. The van der Waals surface area contributed by atoms with Crippen molar-refractivity contribution in [3.63, 3.8) is 0 Å². The van der Waals surface area contributed by atoms with Gasteiger partial charge in [0, 0.05) is 16.2 Å². The average molecular weight is 431 g/mol. The standard InChI is InChI=1S/C21H27BrN4O/c1-5-6-7-14(3)23-17-11-15(4)24-21-20(17)25-19(27)12-26(21)18-9-8-13(2)10-16(18)22/h8-11,14H,5-7,12H2,1-4H3,(H,23,24)(H,25,27). The summed E-state index contributed by atoms with van der Waals surface area (Å²) in [7, 11) is 0. The van der Waals surface area contributed by atoms with Crippen molar-refractivity contribution in [2.45, 2.75) is 53.0 Å². The fourth-order valence-corrected chi connectivity index (χ4v) is 4.07. The van der Waals surface area contributed by atoms with Gasteiger partial charge in [-0.05, 0) is 66.9 Å². The molecule has 27 heavy (non-hydrogen) atoms. The number of amides is 1. The van der Waals surface area contributed by atoms with Crippen LogP contribution < -0.4 is 15.5 Å². The quantitative estimate of drug-likeness (QED) is 0.631. The summed E-state index contributed by atoms with van der Waals surface area (Å²) in [5.74, 6) is 0.745. The molecule has 1 atom stereocenters. The first-order valence-electron chi connectivity index (χ1n) is 9.50. The number of hydrogen-bond acceptors (Lipinski definition) is 4. The molecule has 2 aromatic rings. The molecule has 1 aromatic heterocycles. The summed E-state index contributed by atoms with van der Waals surface area (Å²) in [5.41, 5.74) is 4.72. The Hall–Kier alpha value is -2.08. The molecular weight excluding hydrogens is 404 g/mol. The van der Waals surface area contributed by atoms with E-state index in [0.29, 0.717) is 6.04 Å². The molecule has 0 spiro atoms. The van der Waals surface area contributed by atoms with E-state index in [-0.39, 0.29) is 12.5 Å². The molecule has 0 saturated heterocycles. The minimum Gasteiger partial charge on any atom is -0.381 e. The lowest BCUT2D eigenvalue weighted by Gasteiger charge is -2.32. The third-order valence-electron chi connectivity index (χ3n) is 4.74. The van der Waals surface area contributed by atoms with E-state index in [0.717, 1.165) is 45.0 Å². The highest BCUT2D eigenvalue weighted by Gasteiger charge is 2.28. The Morgan fingerprint density at radius 2 is 2.11 bits per heavy atom. The molecule has 1 amide bonds. The van der Waals surface area contributed by atoms with Crippen LogP contribution in [0.15, 0.2) is 28.7 Å². The van der Waals surface area contributed by atoms with E-state index in [2.05, 4.69) is 46.5 Å². The van der Waals surface area contributed by atoms with Crippen LogP contribution in [0.4, 0.5) is 22.9 Å². The maximum absolute atomic E-state index is 12.5. The van der Waals surface area contributed by atoms with E-state index < -0.39 is 0 Å². The van der Waals surface area contributed by atoms with Crippen molar-refractivity contribution < 1.29 is 4.79 Å². The number of rotatable bonds is 6. The summed E-state index contributed by atoms with van der Waals surface area (Å²) in [4.78, 5) is 19.2. The number of unbranched alkanes of at least 4 members (excludes halogenated alkanes) is 1. The summed E-state index contributed by atoms with van der Waals surface area (Å²) in [6.07, 6.45) is 3.44. The first kappa shape index (κ1) is 19.7. The van der Waals surface area contributed by atoms with Crippen LogP contribution in [0.5, 0.6) is 0 Å². The Balaban J connectivity index is 2.02. The lowest BCUT2D eigenvalue weighted by molar-refractivity contribution is -0.115. The van der Waals surface area contributed by atoms with Gasteiger partial charge in [0.15, 0.2) is 5.82 Å². The second kappa shape index (κ2) is 8.30. The fraction of sp³-hybridized carbons (Fsp3) is 0.429. The van der Waals surface area contributed by atoms with Crippen molar-refractivity contribution >= 4 is 44.7 Å². The summed E-state index contributed by atoms with van der Waals surface area (Å²) < 4.78 is 0.956. The molecule has 5 nitrogen and oxygen atoms in total. The molecule has 144 valence electrons. The van der Waals surface area contributed by atoms with Crippen molar-refractivity contribution in [2.75, 3.05) is 22.1 Å². The number of carbonyl (C=O) groups is 1. The number of nitrogens with zero attached hydrogens (tertiary/aromatic N) is 2. The van der Waals surface area contributed by atoms with Crippen LogP contribution in [0, 0.1) is 13.8 Å². The molecule has 1 aromatic carbocycles. The highest BCUT2D eigenvalue weighted by Crippen LogP contribution is 2.41. The van der Waals surface area contributed by atoms with E-state index in [1.54, 1.807) is 0 Å². The zero-order chi connectivity index (χ0) is 19.6. The molecule has 1 unspecified atom stereocenters. The van der Waals surface area contributed by atoms with Crippen LogP contribution >= 0.6 is 15.9 Å². The lowest BCUT2D eigenvalue weighted by atomic mass is 10.1.